The van der Waals surface area contributed by atoms with E-state index in [1.807, 2.05) is 0 Å². The third-order valence-electron chi connectivity index (χ3n) is 3.57. The molecule has 3 nitrogen and oxygen atoms in total. The summed E-state index contributed by atoms with van der Waals surface area (Å²) in [5, 5.41) is 0. The molecule has 1 heterocycles. The molecule has 1 aromatic carbocycles. The summed E-state index contributed by atoms with van der Waals surface area (Å²) in [6.45, 7) is 3.62. The van der Waals surface area contributed by atoms with Gasteiger partial charge in [0, 0.05) is 16.7 Å². The normalized spacial score (nSPS) is 13.9. The van der Waals surface area contributed by atoms with Crippen LogP contribution in [0.15, 0.2) is 4.47 Å². The Kier molecular flexibility index (Phi) is 5.11. The third kappa shape index (κ3) is 2.75. The highest BCUT2D eigenvalue weighted by Gasteiger charge is 2.25. The number of methoxy groups -OCH3 is 1. The number of hydrogen-bond donors (Lipinski definition) is 1. The summed E-state index contributed by atoms with van der Waals surface area (Å²) < 4.78 is 12.6. The van der Waals surface area contributed by atoms with Crippen LogP contribution in [0.1, 0.15) is 36.5 Å². The number of benzene rings is 1. The van der Waals surface area contributed by atoms with E-state index in [0.29, 0.717) is 6.54 Å². The second-order valence-electron chi connectivity index (χ2n) is 4.85. The summed E-state index contributed by atoms with van der Waals surface area (Å²) in [6, 6.07) is 0. The second-order valence-corrected chi connectivity index (χ2v) is 5.65. The third-order valence-corrected chi connectivity index (χ3v) is 4.41. The van der Waals surface area contributed by atoms with Crippen LogP contribution in [-0.2, 0) is 19.3 Å². The maximum Gasteiger partial charge on any atom is 0.137 e. The van der Waals surface area contributed by atoms with Gasteiger partial charge in [0.15, 0.2) is 0 Å². The first-order chi connectivity index (χ1) is 9.24. The Morgan fingerprint density at radius 1 is 1.32 bits per heavy atom. The van der Waals surface area contributed by atoms with Crippen LogP contribution in [0.4, 0.5) is 0 Å². The van der Waals surface area contributed by atoms with E-state index in [1.165, 1.54) is 16.7 Å². The molecule has 0 amide bonds. The molecule has 1 aliphatic rings. The van der Waals surface area contributed by atoms with Crippen molar-refractivity contribution in [1.82, 2.24) is 0 Å². The van der Waals surface area contributed by atoms with Crippen LogP contribution in [0.2, 0.25) is 0 Å². The van der Waals surface area contributed by atoms with Crippen molar-refractivity contribution >= 4 is 15.9 Å². The van der Waals surface area contributed by atoms with Crippen molar-refractivity contribution in [3.05, 3.63) is 21.2 Å². The lowest BCUT2D eigenvalue weighted by molar-refractivity contribution is 0.282. The van der Waals surface area contributed by atoms with Crippen LogP contribution in [0.5, 0.6) is 11.5 Å². The van der Waals surface area contributed by atoms with E-state index in [2.05, 4.69) is 22.9 Å². The number of hydrogen-bond acceptors (Lipinski definition) is 3. The maximum atomic E-state index is 5.93. The Balaban J connectivity index is 2.64. The molecule has 0 aromatic heterocycles. The molecule has 0 saturated heterocycles. The van der Waals surface area contributed by atoms with Crippen LogP contribution in [0.3, 0.4) is 0 Å². The van der Waals surface area contributed by atoms with Gasteiger partial charge in [-0.3, -0.25) is 0 Å². The number of nitrogens with two attached hydrogens (primary N) is 1. The first kappa shape index (κ1) is 14.7. The molecule has 0 radical (unpaired) electrons. The highest BCUT2D eigenvalue weighted by molar-refractivity contribution is 9.10. The molecule has 0 saturated carbocycles. The van der Waals surface area contributed by atoms with E-state index in [4.69, 9.17) is 15.2 Å². The quantitative estimate of drug-likeness (QED) is 0.902. The van der Waals surface area contributed by atoms with E-state index in [0.717, 1.165) is 54.7 Å². The number of fused-ring (bicyclic) bond motifs is 1. The summed E-state index contributed by atoms with van der Waals surface area (Å²) in [4.78, 5) is 0. The molecule has 106 valence electrons. The van der Waals surface area contributed by atoms with Crippen molar-refractivity contribution in [1.29, 1.82) is 0 Å². The van der Waals surface area contributed by atoms with E-state index in [9.17, 15) is 0 Å². The van der Waals surface area contributed by atoms with E-state index in [-0.39, 0.29) is 0 Å². The summed E-state index contributed by atoms with van der Waals surface area (Å²) in [7, 11) is 1.74. The summed E-state index contributed by atoms with van der Waals surface area (Å²) in [6.07, 6.45) is 5.02. The molecule has 4 heteroatoms. The highest BCUT2D eigenvalue weighted by atomic mass is 79.9. The Morgan fingerprint density at radius 3 is 2.74 bits per heavy atom. The van der Waals surface area contributed by atoms with Gasteiger partial charge in [0.25, 0.3) is 0 Å². The molecule has 1 aliphatic heterocycles. The van der Waals surface area contributed by atoms with Crippen LogP contribution in [0, 0.1) is 0 Å². The van der Waals surface area contributed by atoms with Crippen molar-refractivity contribution in [3.63, 3.8) is 0 Å². The minimum atomic E-state index is 0.636. The van der Waals surface area contributed by atoms with Gasteiger partial charge in [0.2, 0.25) is 0 Å². The zero-order valence-electron chi connectivity index (χ0n) is 11.7. The Labute approximate surface area is 123 Å². The fourth-order valence-corrected chi connectivity index (χ4v) is 3.56. The van der Waals surface area contributed by atoms with Crippen molar-refractivity contribution in [2.24, 2.45) is 5.73 Å². The van der Waals surface area contributed by atoms with Gasteiger partial charge in [-0.25, -0.2) is 0 Å². The molecule has 1 aromatic rings. The lowest BCUT2D eigenvalue weighted by Crippen LogP contribution is -2.16. The van der Waals surface area contributed by atoms with E-state index >= 15 is 0 Å². The molecule has 19 heavy (non-hydrogen) atoms. The monoisotopic (exact) mass is 327 g/mol. The van der Waals surface area contributed by atoms with Crippen LogP contribution >= 0.6 is 15.9 Å². The molecule has 2 rings (SSSR count). The predicted molar refractivity (Wildman–Crippen MR) is 81.3 cm³/mol. The Hall–Kier alpha value is -0.740. The van der Waals surface area contributed by atoms with E-state index in [1.54, 1.807) is 7.11 Å². The van der Waals surface area contributed by atoms with Gasteiger partial charge in [0.05, 0.1) is 18.2 Å². The second kappa shape index (κ2) is 6.62. The summed E-state index contributed by atoms with van der Waals surface area (Å²) in [5.41, 5.74) is 9.52. The summed E-state index contributed by atoms with van der Waals surface area (Å²) in [5.74, 6) is 2.02. The van der Waals surface area contributed by atoms with Gasteiger partial charge >= 0.3 is 0 Å². The van der Waals surface area contributed by atoms with E-state index < -0.39 is 0 Å². The standard InChI is InChI=1S/C15H22BrNO2/c1-3-5-10-11(7-8-17)14-12(6-4-9-19-14)13(16)15(10)18-2/h3-9,17H2,1-2H3. The molecule has 0 fully saturated rings. The fourth-order valence-electron chi connectivity index (χ4n) is 2.78. The molecule has 0 spiro atoms. The Bertz CT molecular complexity index is 460. The average Bonchev–Trinajstić information content (AvgIpc) is 2.44. The van der Waals surface area contributed by atoms with Gasteiger partial charge in [-0.05, 0) is 48.2 Å². The zero-order valence-corrected chi connectivity index (χ0v) is 13.3. The van der Waals surface area contributed by atoms with Crippen molar-refractivity contribution in [2.45, 2.75) is 39.0 Å². The lowest BCUT2D eigenvalue weighted by Gasteiger charge is -2.26. The van der Waals surface area contributed by atoms with Crippen molar-refractivity contribution in [3.8, 4) is 11.5 Å². The largest absolute Gasteiger partial charge is 0.495 e. The lowest BCUT2D eigenvalue weighted by atomic mass is 9.92. The molecule has 0 bridgehead atoms. The van der Waals surface area contributed by atoms with Crippen LogP contribution in [-0.4, -0.2) is 20.3 Å². The van der Waals surface area contributed by atoms with Gasteiger partial charge in [-0.2, -0.15) is 0 Å². The van der Waals surface area contributed by atoms with Gasteiger partial charge in [0.1, 0.15) is 11.5 Å². The summed E-state index contributed by atoms with van der Waals surface area (Å²) >= 11 is 3.70. The predicted octanol–water partition coefficient (Wildman–Crippen LogP) is 3.24. The van der Waals surface area contributed by atoms with Gasteiger partial charge < -0.3 is 15.2 Å². The SMILES string of the molecule is CCCc1c(CCN)c2c(c(Br)c1OC)CCCO2. The van der Waals surface area contributed by atoms with Crippen LogP contribution < -0.4 is 15.2 Å². The first-order valence-electron chi connectivity index (χ1n) is 6.97. The minimum Gasteiger partial charge on any atom is -0.495 e. The minimum absolute atomic E-state index is 0.636. The molecular formula is C15H22BrNO2. The first-order valence-corrected chi connectivity index (χ1v) is 7.76. The number of rotatable bonds is 5. The molecule has 2 N–H and O–H groups in total. The number of ether oxygens (including phenoxy) is 2. The Morgan fingerprint density at radius 2 is 2.11 bits per heavy atom. The van der Waals surface area contributed by atoms with Crippen molar-refractivity contribution < 1.29 is 9.47 Å². The molecular weight excluding hydrogens is 306 g/mol. The topological polar surface area (TPSA) is 44.5 Å². The molecule has 0 unspecified atom stereocenters. The highest BCUT2D eigenvalue weighted by Crippen LogP contribution is 2.44. The smallest absolute Gasteiger partial charge is 0.137 e. The van der Waals surface area contributed by atoms with Gasteiger partial charge in [-0.15, -0.1) is 0 Å². The number of halogens is 1. The zero-order chi connectivity index (χ0) is 13.8. The van der Waals surface area contributed by atoms with Crippen molar-refractivity contribution in [2.75, 3.05) is 20.3 Å². The molecule has 0 atom stereocenters. The average molecular weight is 328 g/mol. The molecule has 0 aliphatic carbocycles. The van der Waals surface area contributed by atoms with Gasteiger partial charge in [-0.1, -0.05) is 13.3 Å². The maximum absolute atomic E-state index is 5.93. The fraction of sp³-hybridized carbons (Fsp3) is 0.600. The van der Waals surface area contributed by atoms with Crippen LogP contribution in [0.25, 0.3) is 0 Å².